The van der Waals surface area contributed by atoms with Crippen LogP contribution in [0, 0.1) is 0 Å². The molecule has 2 nitrogen and oxygen atoms in total. The maximum absolute atomic E-state index is 5.61. The fourth-order valence-electron chi connectivity index (χ4n) is 4.73. The smallest absolute Gasteiger partial charge is 0.126 e. The Bertz CT molecular complexity index is 1280. The van der Waals surface area contributed by atoms with E-state index in [9.17, 15) is 0 Å². The van der Waals surface area contributed by atoms with Crippen LogP contribution in [0.2, 0.25) is 0 Å². The molecular weight excluding hydrogens is 629 g/mol. The predicted octanol–water partition coefficient (Wildman–Crippen LogP) is 9.02. The molecule has 5 heteroatoms. The van der Waals surface area contributed by atoms with Crippen LogP contribution in [-0.2, 0) is 19.5 Å². The van der Waals surface area contributed by atoms with E-state index in [0.29, 0.717) is 0 Å². The summed E-state index contributed by atoms with van der Waals surface area (Å²) in [6.45, 7) is 0. The van der Waals surface area contributed by atoms with Gasteiger partial charge >= 0.3 is 0 Å². The summed E-state index contributed by atoms with van der Waals surface area (Å²) in [6.07, 6.45) is 16.3. The fraction of sp³-hybridized carbons (Fsp3) is 0.222. The van der Waals surface area contributed by atoms with Crippen LogP contribution in [0.15, 0.2) is 121 Å². The average molecular weight is 670 g/mol. The van der Waals surface area contributed by atoms with Crippen molar-refractivity contribution >= 4 is 27.8 Å². The molecule has 1 radical (unpaired) electrons. The van der Waals surface area contributed by atoms with Crippen LogP contribution in [-0.4, -0.2) is 26.5 Å². The van der Waals surface area contributed by atoms with Crippen molar-refractivity contribution in [3.63, 3.8) is 0 Å². The van der Waals surface area contributed by atoms with Crippen molar-refractivity contribution in [2.75, 3.05) is 26.5 Å². The molecule has 4 aromatic carbocycles. The van der Waals surface area contributed by atoms with Gasteiger partial charge in [0.2, 0.25) is 0 Å². The molecule has 0 N–H and O–H groups in total. The van der Waals surface area contributed by atoms with Gasteiger partial charge in [0, 0.05) is 30.6 Å². The van der Waals surface area contributed by atoms with E-state index in [0.717, 1.165) is 28.7 Å². The van der Waals surface area contributed by atoms with Crippen LogP contribution in [0.4, 0.5) is 0 Å². The number of allylic oxidation sites excluding steroid dienone is 4. The van der Waals surface area contributed by atoms with Gasteiger partial charge in [-0.15, -0.1) is 0 Å². The third-order valence-corrected chi connectivity index (χ3v) is 9.87. The molecule has 0 amide bonds. The molecular formula is C36H40O2P2Rh. The van der Waals surface area contributed by atoms with Gasteiger partial charge in [-0.1, -0.05) is 126 Å². The van der Waals surface area contributed by atoms with Crippen molar-refractivity contribution in [3.05, 3.63) is 121 Å². The van der Waals surface area contributed by atoms with Crippen LogP contribution >= 0.6 is 17.2 Å². The first-order valence-electron chi connectivity index (χ1n) is 14.0. The fourth-order valence-corrected chi connectivity index (χ4v) is 7.51. The first-order valence-corrected chi connectivity index (χ1v) is 16.5. The molecule has 215 valence electrons. The van der Waals surface area contributed by atoms with Crippen molar-refractivity contribution in [3.8, 4) is 33.8 Å². The molecule has 4 aromatic rings. The number of hydrogen-bond donors (Lipinski definition) is 0. The Morgan fingerprint density at radius 1 is 0.463 bits per heavy atom. The van der Waals surface area contributed by atoms with Gasteiger partial charge in [0.05, 0.1) is 14.2 Å². The van der Waals surface area contributed by atoms with E-state index in [1.165, 1.54) is 70.9 Å². The van der Waals surface area contributed by atoms with E-state index < -0.39 is 0 Å². The third kappa shape index (κ3) is 10.0. The molecule has 1 aliphatic rings. The van der Waals surface area contributed by atoms with E-state index >= 15 is 0 Å². The number of ether oxygens (including phenoxy) is 2. The maximum atomic E-state index is 5.61. The molecule has 41 heavy (non-hydrogen) atoms. The Hall–Kier alpha value is -2.56. The Labute approximate surface area is 263 Å². The minimum atomic E-state index is 0. The Kier molecular flexibility index (Phi) is 15.1. The zero-order chi connectivity index (χ0) is 27.8. The van der Waals surface area contributed by atoms with E-state index in [-0.39, 0.29) is 19.5 Å². The van der Waals surface area contributed by atoms with Crippen molar-refractivity contribution < 1.29 is 29.0 Å². The van der Waals surface area contributed by atoms with Crippen LogP contribution in [0.1, 0.15) is 25.7 Å². The standard InChI is InChI=1S/C28H28O2P2.C8H12.Rh/c1-29-25-15-7-3-11-21(25)23-13-5-9-17-27(23)31-19-20-32-28-18-10-6-14-24(28)22-12-4-8-16-26(22)30-2;1-2-4-6-8-7-5-3-1;/h3-18,31-32H,19-20H2,1-2H3;1-2,7-8H,3-6H2;/b;2-1-,8-7?;. The molecule has 0 spiro atoms. The summed E-state index contributed by atoms with van der Waals surface area (Å²) in [6, 6.07) is 34.0. The minimum Gasteiger partial charge on any atom is -0.496 e. The second-order valence-electron chi connectivity index (χ2n) is 9.44. The molecule has 0 aromatic heterocycles. The minimum absolute atomic E-state index is 0. The topological polar surface area (TPSA) is 18.5 Å². The molecule has 0 heterocycles. The first kappa shape index (κ1) is 33.0. The summed E-state index contributed by atoms with van der Waals surface area (Å²) in [7, 11) is 5.01. The summed E-state index contributed by atoms with van der Waals surface area (Å²) in [5.74, 6) is 1.86. The van der Waals surface area contributed by atoms with Crippen molar-refractivity contribution in [2.24, 2.45) is 0 Å². The van der Waals surface area contributed by atoms with E-state index in [1.54, 1.807) is 14.2 Å². The number of hydrogen-bond acceptors (Lipinski definition) is 2. The zero-order valence-corrected chi connectivity index (χ0v) is 27.6. The predicted molar refractivity (Wildman–Crippen MR) is 179 cm³/mol. The van der Waals surface area contributed by atoms with Crippen LogP contribution in [0.5, 0.6) is 11.5 Å². The summed E-state index contributed by atoms with van der Waals surface area (Å²) < 4.78 is 11.2. The molecule has 0 fully saturated rings. The van der Waals surface area contributed by atoms with E-state index in [1.807, 2.05) is 24.3 Å². The largest absolute Gasteiger partial charge is 0.496 e. The SMILES string of the molecule is C1=CCC/C=C\CC1.COc1ccccc1-c1ccccc1PCCPc1ccccc1-c1ccccc1OC.[Rh]. The van der Waals surface area contributed by atoms with E-state index in [2.05, 4.69) is 97.1 Å². The summed E-state index contributed by atoms with van der Waals surface area (Å²) in [5.41, 5.74) is 4.89. The van der Waals surface area contributed by atoms with Gasteiger partial charge in [0.1, 0.15) is 11.5 Å². The first-order chi connectivity index (χ1) is 19.8. The molecule has 5 rings (SSSR count). The van der Waals surface area contributed by atoms with Gasteiger partial charge in [-0.3, -0.25) is 0 Å². The average Bonchev–Trinajstić information content (AvgIpc) is 3.00. The van der Waals surface area contributed by atoms with Gasteiger partial charge in [0.15, 0.2) is 0 Å². The zero-order valence-electron chi connectivity index (χ0n) is 23.9. The molecule has 1 aliphatic carbocycles. The Balaban J connectivity index is 0.000000444. The van der Waals surface area contributed by atoms with Crippen molar-refractivity contribution in [2.45, 2.75) is 25.7 Å². The second-order valence-corrected chi connectivity index (χ2v) is 12.2. The molecule has 2 atom stereocenters. The molecule has 2 unspecified atom stereocenters. The van der Waals surface area contributed by atoms with Crippen LogP contribution < -0.4 is 20.1 Å². The monoisotopic (exact) mass is 669 g/mol. The van der Waals surface area contributed by atoms with E-state index in [4.69, 9.17) is 9.47 Å². The summed E-state index contributed by atoms with van der Waals surface area (Å²) in [5, 5.41) is 2.81. The number of benzene rings is 4. The molecule has 0 saturated heterocycles. The maximum Gasteiger partial charge on any atom is 0.126 e. The van der Waals surface area contributed by atoms with Gasteiger partial charge in [-0.25, -0.2) is 0 Å². The van der Waals surface area contributed by atoms with Crippen molar-refractivity contribution in [1.82, 2.24) is 0 Å². The number of rotatable bonds is 9. The second kappa shape index (κ2) is 18.8. The number of methoxy groups -OCH3 is 2. The normalized spacial score (nSPS) is 13.6. The third-order valence-electron chi connectivity index (χ3n) is 6.74. The van der Waals surface area contributed by atoms with Crippen molar-refractivity contribution in [1.29, 1.82) is 0 Å². The van der Waals surface area contributed by atoms with Crippen LogP contribution in [0.25, 0.3) is 22.3 Å². The van der Waals surface area contributed by atoms with Crippen LogP contribution in [0.3, 0.4) is 0 Å². The van der Waals surface area contributed by atoms with Gasteiger partial charge in [0.25, 0.3) is 0 Å². The molecule has 0 aliphatic heterocycles. The van der Waals surface area contributed by atoms with Gasteiger partial charge < -0.3 is 9.47 Å². The number of para-hydroxylation sites is 2. The summed E-state index contributed by atoms with van der Waals surface area (Å²) >= 11 is 0. The summed E-state index contributed by atoms with van der Waals surface area (Å²) in [4.78, 5) is 0. The Morgan fingerprint density at radius 2 is 0.780 bits per heavy atom. The molecule has 0 bridgehead atoms. The van der Waals surface area contributed by atoms with Gasteiger partial charge in [-0.05, 0) is 71.9 Å². The van der Waals surface area contributed by atoms with Gasteiger partial charge in [-0.2, -0.15) is 0 Å². The quantitative estimate of drug-likeness (QED) is 0.0767. The Morgan fingerprint density at radius 3 is 1.15 bits per heavy atom. The molecule has 0 saturated carbocycles.